The van der Waals surface area contributed by atoms with E-state index in [1.807, 2.05) is 6.92 Å². The molecule has 5 heteroatoms. The summed E-state index contributed by atoms with van der Waals surface area (Å²) in [4.78, 5) is 14.2. The van der Waals surface area contributed by atoms with Gasteiger partial charge in [-0.3, -0.25) is 9.48 Å². The Morgan fingerprint density at radius 1 is 1.61 bits per heavy atom. The second-order valence-corrected chi connectivity index (χ2v) is 4.83. The topological polar surface area (TPSA) is 61.9 Å². The van der Waals surface area contributed by atoms with Crippen LogP contribution in [-0.2, 0) is 7.05 Å². The van der Waals surface area contributed by atoms with E-state index in [0.717, 1.165) is 31.4 Å². The fourth-order valence-corrected chi connectivity index (χ4v) is 2.62. The quantitative estimate of drug-likeness (QED) is 0.762. The zero-order valence-electron chi connectivity index (χ0n) is 10.9. The Hall–Kier alpha value is -1.83. The fourth-order valence-electron chi connectivity index (χ4n) is 2.62. The summed E-state index contributed by atoms with van der Waals surface area (Å²) in [5.41, 5.74) is 1.34. The molecule has 1 heterocycles. The molecule has 0 saturated heterocycles. The predicted molar refractivity (Wildman–Crippen MR) is 66.9 cm³/mol. The minimum Gasteiger partial charge on any atom is -0.322 e. The van der Waals surface area contributed by atoms with Crippen LogP contribution in [-0.4, -0.2) is 33.2 Å². The molecule has 1 aromatic rings. The van der Waals surface area contributed by atoms with Crippen LogP contribution in [0, 0.1) is 18.3 Å². The molecule has 1 fully saturated rings. The van der Waals surface area contributed by atoms with Gasteiger partial charge < -0.3 is 4.90 Å². The number of aromatic nitrogens is 2. The van der Waals surface area contributed by atoms with Crippen molar-refractivity contribution in [2.45, 2.75) is 38.6 Å². The number of rotatable bonds is 3. The van der Waals surface area contributed by atoms with Gasteiger partial charge in [0.2, 0.25) is 0 Å². The largest absolute Gasteiger partial charge is 0.322 e. The number of hydrogen-bond donors (Lipinski definition) is 0. The molecule has 0 radical (unpaired) electrons. The van der Waals surface area contributed by atoms with E-state index in [-0.39, 0.29) is 18.5 Å². The maximum absolute atomic E-state index is 12.5. The normalized spacial score (nSPS) is 15.6. The van der Waals surface area contributed by atoms with Crippen LogP contribution in [0.4, 0.5) is 0 Å². The highest BCUT2D eigenvalue weighted by Gasteiger charge is 2.28. The van der Waals surface area contributed by atoms with Gasteiger partial charge in [0.05, 0.1) is 17.3 Å². The Morgan fingerprint density at radius 3 is 2.78 bits per heavy atom. The zero-order valence-corrected chi connectivity index (χ0v) is 10.9. The lowest BCUT2D eigenvalue weighted by Gasteiger charge is -2.26. The van der Waals surface area contributed by atoms with E-state index in [9.17, 15) is 4.79 Å². The molecular formula is C13H18N4O. The number of aryl methyl sites for hydroxylation is 2. The van der Waals surface area contributed by atoms with Crippen LogP contribution in [0.3, 0.4) is 0 Å². The monoisotopic (exact) mass is 246 g/mol. The van der Waals surface area contributed by atoms with E-state index in [1.165, 1.54) is 0 Å². The van der Waals surface area contributed by atoms with Crippen molar-refractivity contribution in [3.05, 3.63) is 17.5 Å². The van der Waals surface area contributed by atoms with Gasteiger partial charge in [-0.15, -0.1) is 0 Å². The number of nitriles is 1. The summed E-state index contributed by atoms with van der Waals surface area (Å²) in [6.07, 6.45) is 6.04. The summed E-state index contributed by atoms with van der Waals surface area (Å²) >= 11 is 0. The average molecular weight is 246 g/mol. The first-order valence-corrected chi connectivity index (χ1v) is 6.31. The molecule has 2 rings (SSSR count). The predicted octanol–water partition coefficient (Wildman–Crippen LogP) is 1.64. The smallest absolute Gasteiger partial charge is 0.258 e. The summed E-state index contributed by atoms with van der Waals surface area (Å²) in [7, 11) is 1.80. The van der Waals surface area contributed by atoms with E-state index >= 15 is 0 Å². The highest BCUT2D eigenvalue weighted by Crippen LogP contribution is 2.25. The van der Waals surface area contributed by atoms with E-state index in [1.54, 1.807) is 22.8 Å². The lowest BCUT2D eigenvalue weighted by molar-refractivity contribution is 0.0708. The Kier molecular flexibility index (Phi) is 3.66. The van der Waals surface area contributed by atoms with Gasteiger partial charge >= 0.3 is 0 Å². The molecule has 96 valence electrons. The molecule has 0 aliphatic heterocycles. The second-order valence-electron chi connectivity index (χ2n) is 4.83. The maximum Gasteiger partial charge on any atom is 0.258 e. The summed E-state index contributed by atoms with van der Waals surface area (Å²) in [6, 6.07) is 2.32. The van der Waals surface area contributed by atoms with Crippen molar-refractivity contribution >= 4 is 5.91 Å². The third-order valence-electron chi connectivity index (χ3n) is 3.51. The van der Waals surface area contributed by atoms with Crippen molar-refractivity contribution in [3.8, 4) is 6.07 Å². The SMILES string of the molecule is Cc1nn(C)cc1C(=O)N(CC#N)C1CCCC1. The van der Waals surface area contributed by atoms with Crippen LogP contribution in [0.5, 0.6) is 0 Å². The first kappa shape index (κ1) is 12.6. The minimum atomic E-state index is -0.0611. The van der Waals surface area contributed by atoms with E-state index in [4.69, 9.17) is 5.26 Å². The van der Waals surface area contributed by atoms with Crippen LogP contribution >= 0.6 is 0 Å². The van der Waals surface area contributed by atoms with E-state index in [2.05, 4.69) is 11.2 Å². The standard InChI is InChI=1S/C13H18N4O/c1-10-12(9-16(2)15-10)13(18)17(8-7-14)11-5-3-4-6-11/h9,11H,3-6,8H2,1-2H3. The maximum atomic E-state index is 12.5. The third kappa shape index (κ3) is 2.37. The summed E-state index contributed by atoms with van der Waals surface area (Å²) in [5, 5.41) is 13.1. The summed E-state index contributed by atoms with van der Waals surface area (Å²) < 4.78 is 1.64. The Bertz CT molecular complexity index is 480. The zero-order chi connectivity index (χ0) is 13.1. The molecule has 1 saturated carbocycles. The molecule has 5 nitrogen and oxygen atoms in total. The number of hydrogen-bond acceptors (Lipinski definition) is 3. The van der Waals surface area contributed by atoms with Gasteiger partial charge in [0.25, 0.3) is 5.91 Å². The van der Waals surface area contributed by atoms with Crippen molar-refractivity contribution in [1.29, 1.82) is 5.26 Å². The first-order valence-electron chi connectivity index (χ1n) is 6.31. The Morgan fingerprint density at radius 2 is 2.28 bits per heavy atom. The number of carbonyl (C=O) groups is 1. The van der Waals surface area contributed by atoms with Crippen LogP contribution in [0.2, 0.25) is 0 Å². The Balaban J connectivity index is 2.22. The molecule has 0 atom stereocenters. The van der Waals surface area contributed by atoms with Crippen molar-refractivity contribution in [2.75, 3.05) is 6.54 Å². The molecular weight excluding hydrogens is 228 g/mol. The molecule has 1 aliphatic rings. The van der Waals surface area contributed by atoms with Gasteiger partial charge in [-0.2, -0.15) is 10.4 Å². The summed E-state index contributed by atoms with van der Waals surface area (Å²) in [5.74, 6) is -0.0611. The molecule has 0 spiro atoms. The first-order chi connectivity index (χ1) is 8.63. The molecule has 1 aromatic heterocycles. The fraction of sp³-hybridized carbons (Fsp3) is 0.615. The molecule has 1 aliphatic carbocycles. The molecule has 0 unspecified atom stereocenters. The van der Waals surface area contributed by atoms with Crippen LogP contribution in [0.25, 0.3) is 0 Å². The van der Waals surface area contributed by atoms with Gasteiger partial charge in [-0.1, -0.05) is 12.8 Å². The molecule has 18 heavy (non-hydrogen) atoms. The van der Waals surface area contributed by atoms with E-state index in [0.29, 0.717) is 5.56 Å². The molecule has 0 bridgehead atoms. The lowest BCUT2D eigenvalue weighted by Crippen LogP contribution is -2.39. The number of nitrogens with zero attached hydrogens (tertiary/aromatic N) is 4. The van der Waals surface area contributed by atoms with Crippen LogP contribution < -0.4 is 0 Å². The van der Waals surface area contributed by atoms with Crippen LogP contribution in [0.1, 0.15) is 41.7 Å². The lowest BCUT2D eigenvalue weighted by atomic mass is 10.1. The van der Waals surface area contributed by atoms with Crippen LogP contribution in [0.15, 0.2) is 6.20 Å². The number of carbonyl (C=O) groups excluding carboxylic acids is 1. The van der Waals surface area contributed by atoms with Gasteiger partial charge in [-0.25, -0.2) is 0 Å². The Labute approximate surface area is 107 Å². The van der Waals surface area contributed by atoms with Crippen molar-refractivity contribution in [3.63, 3.8) is 0 Å². The molecule has 0 N–H and O–H groups in total. The molecule has 1 amide bonds. The highest BCUT2D eigenvalue weighted by atomic mass is 16.2. The summed E-state index contributed by atoms with van der Waals surface area (Å²) in [6.45, 7) is 1.99. The highest BCUT2D eigenvalue weighted by molar-refractivity contribution is 5.95. The average Bonchev–Trinajstić information content (AvgIpc) is 2.95. The van der Waals surface area contributed by atoms with Gasteiger partial charge in [-0.05, 0) is 19.8 Å². The third-order valence-corrected chi connectivity index (χ3v) is 3.51. The van der Waals surface area contributed by atoms with Crippen molar-refractivity contribution < 1.29 is 4.79 Å². The van der Waals surface area contributed by atoms with Gasteiger partial charge in [0, 0.05) is 19.3 Å². The second kappa shape index (κ2) is 5.21. The van der Waals surface area contributed by atoms with Crippen molar-refractivity contribution in [1.82, 2.24) is 14.7 Å². The van der Waals surface area contributed by atoms with E-state index < -0.39 is 0 Å². The molecule has 0 aromatic carbocycles. The van der Waals surface area contributed by atoms with Gasteiger partial charge in [0.15, 0.2) is 0 Å². The van der Waals surface area contributed by atoms with Crippen molar-refractivity contribution in [2.24, 2.45) is 7.05 Å². The van der Waals surface area contributed by atoms with Gasteiger partial charge in [0.1, 0.15) is 6.54 Å². The minimum absolute atomic E-state index is 0.0611. The number of amides is 1.